The number of benzene rings is 1. The Morgan fingerprint density at radius 2 is 2.06 bits per heavy atom. The summed E-state index contributed by atoms with van der Waals surface area (Å²) in [5.74, 6) is -1.15. The lowest BCUT2D eigenvalue weighted by molar-refractivity contribution is -0.137. The normalized spacial score (nSPS) is 11.1. The molecule has 1 amide bonds. The number of amides is 1. The van der Waals surface area contributed by atoms with Crippen LogP contribution in [0.2, 0.25) is 5.02 Å². The van der Waals surface area contributed by atoms with Crippen molar-refractivity contribution in [3.05, 3.63) is 34.9 Å². The molecule has 0 spiro atoms. The lowest BCUT2D eigenvalue weighted by Crippen LogP contribution is -2.40. The highest BCUT2D eigenvalue weighted by atomic mass is 35.5. The zero-order valence-electron chi connectivity index (χ0n) is 10.4. The lowest BCUT2D eigenvalue weighted by Gasteiger charge is -2.24. The van der Waals surface area contributed by atoms with Crippen molar-refractivity contribution >= 4 is 23.5 Å². The number of carboxylic acids is 1. The van der Waals surface area contributed by atoms with Gasteiger partial charge < -0.3 is 10.4 Å². The van der Waals surface area contributed by atoms with E-state index in [0.717, 1.165) is 5.56 Å². The van der Waals surface area contributed by atoms with E-state index >= 15 is 0 Å². The first-order chi connectivity index (χ1) is 8.34. The summed E-state index contributed by atoms with van der Waals surface area (Å²) in [7, 11) is 0. The van der Waals surface area contributed by atoms with Crippen LogP contribution in [0.3, 0.4) is 0 Å². The van der Waals surface area contributed by atoms with E-state index in [2.05, 4.69) is 5.32 Å². The molecule has 98 valence electrons. The second-order valence-electron chi connectivity index (χ2n) is 4.53. The first-order valence-corrected chi connectivity index (χ1v) is 5.98. The van der Waals surface area contributed by atoms with E-state index in [9.17, 15) is 9.59 Å². The molecule has 0 bridgehead atoms. The highest BCUT2D eigenvalue weighted by molar-refractivity contribution is 6.30. The van der Waals surface area contributed by atoms with Gasteiger partial charge in [-0.2, -0.15) is 0 Å². The molecule has 0 atom stereocenters. The van der Waals surface area contributed by atoms with Crippen molar-refractivity contribution in [3.63, 3.8) is 0 Å². The first kappa shape index (κ1) is 14.5. The van der Waals surface area contributed by atoms with Crippen LogP contribution in [-0.4, -0.2) is 23.5 Å². The molecular formula is C13H16ClNO3. The minimum absolute atomic E-state index is 0.0859. The van der Waals surface area contributed by atoms with Crippen molar-refractivity contribution < 1.29 is 14.7 Å². The van der Waals surface area contributed by atoms with E-state index in [1.54, 1.807) is 32.0 Å². The second-order valence-corrected chi connectivity index (χ2v) is 4.97. The SMILES string of the molecule is CC(C)(C(=O)NCCC(=O)O)c1cccc(Cl)c1. The summed E-state index contributed by atoms with van der Waals surface area (Å²) in [5, 5.41) is 11.7. The van der Waals surface area contributed by atoms with Gasteiger partial charge in [-0.1, -0.05) is 23.7 Å². The third kappa shape index (κ3) is 3.74. The summed E-state index contributed by atoms with van der Waals surface area (Å²) in [6.45, 7) is 3.67. The number of nitrogens with one attached hydrogen (secondary N) is 1. The average molecular weight is 270 g/mol. The quantitative estimate of drug-likeness (QED) is 0.861. The van der Waals surface area contributed by atoms with E-state index in [-0.39, 0.29) is 18.9 Å². The third-order valence-electron chi connectivity index (χ3n) is 2.74. The maximum Gasteiger partial charge on any atom is 0.305 e. The van der Waals surface area contributed by atoms with Crippen LogP contribution in [0, 0.1) is 0 Å². The Balaban J connectivity index is 2.73. The van der Waals surface area contributed by atoms with Gasteiger partial charge >= 0.3 is 5.97 Å². The van der Waals surface area contributed by atoms with E-state index in [1.807, 2.05) is 6.07 Å². The molecule has 0 saturated carbocycles. The van der Waals surface area contributed by atoms with Gasteiger partial charge in [-0.15, -0.1) is 0 Å². The van der Waals surface area contributed by atoms with Crippen LogP contribution in [0.15, 0.2) is 24.3 Å². The highest BCUT2D eigenvalue weighted by Crippen LogP contribution is 2.25. The fraction of sp³-hybridized carbons (Fsp3) is 0.385. The standard InChI is InChI=1S/C13H16ClNO3/c1-13(2,9-4-3-5-10(14)8-9)12(18)15-7-6-11(16)17/h3-5,8H,6-7H2,1-2H3,(H,15,18)(H,16,17). The molecule has 0 saturated heterocycles. The first-order valence-electron chi connectivity index (χ1n) is 5.60. The van der Waals surface area contributed by atoms with Crippen molar-refractivity contribution in [3.8, 4) is 0 Å². The van der Waals surface area contributed by atoms with Gasteiger partial charge in [0.1, 0.15) is 0 Å². The molecule has 1 aromatic carbocycles. The zero-order valence-corrected chi connectivity index (χ0v) is 11.1. The third-order valence-corrected chi connectivity index (χ3v) is 2.97. The van der Waals surface area contributed by atoms with Gasteiger partial charge in [0.2, 0.25) is 5.91 Å². The molecule has 0 heterocycles. The summed E-state index contributed by atoms with van der Waals surface area (Å²) in [6.07, 6.45) is -0.0859. The smallest absolute Gasteiger partial charge is 0.305 e. The Hall–Kier alpha value is -1.55. The van der Waals surface area contributed by atoms with Gasteiger partial charge in [0, 0.05) is 11.6 Å². The van der Waals surface area contributed by atoms with Crippen LogP contribution >= 0.6 is 11.6 Å². The molecule has 5 heteroatoms. The molecule has 0 aliphatic heterocycles. The topological polar surface area (TPSA) is 66.4 Å². The van der Waals surface area contributed by atoms with E-state index < -0.39 is 11.4 Å². The number of hydrogen-bond acceptors (Lipinski definition) is 2. The van der Waals surface area contributed by atoms with Crippen LogP contribution < -0.4 is 5.32 Å². The zero-order chi connectivity index (χ0) is 13.8. The van der Waals surface area contributed by atoms with Crippen LogP contribution in [0.5, 0.6) is 0 Å². The maximum absolute atomic E-state index is 12.0. The number of carboxylic acid groups (broad SMARTS) is 1. The fourth-order valence-electron chi connectivity index (χ4n) is 1.51. The van der Waals surface area contributed by atoms with Gasteiger partial charge in [-0.05, 0) is 31.5 Å². The number of carbonyl (C=O) groups is 2. The molecular weight excluding hydrogens is 254 g/mol. The fourth-order valence-corrected chi connectivity index (χ4v) is 1.70. The second kappa shape index (κ2) is 5.87. The maximum atomic E-state index is 12.0. The van der Waals surface area contributed by atoms with Crippen LogP contribution in [0.25, 0.3) is 0 Å². The number of hydrogen-bond donors (Lipinski definition) is 2. The van der Waals surface area contributed by atoms with Crippen molar-refractivity contribution in [2.24, 2.45) is 0 Å². The summed E-state index contributed by atoms with van der Waals surface area (Å²) in [5.41, 5.74) is 0.0477. The largest absolute Gasteiger partial charge is 0.481 e. The summed E-state index contributed by atoms with van der Waals surface area (Å²) in [4.78, 5) is 22.4. The average Bonchev–Trinajstić information content (AvgIpc) is 2.28. The van der Waals surface area contributed by atoms with E-state index in [0.29, 0.717) is 5.02 Å². The van der Waals surface area contributed by atoms with Gasteiger partial charge in [-0.25, -0.2) is 0 Å². The minimum atomic E-state index is -0.934. The van der Waals surface area contributed by atoms with Crippen molar-refractivity contribution in [1.29, 1.82) is 0 Å². The molecule has 0 fully saturated rings. The van der Waals surface area contributed by atoms with Crippen LogP contribution in [0.4, 0.5) is 0 Å². The lowest BCUT2D eigenvalue weighted by atomic mass is 9.84. The summed E-state index contributed by atoms with van der Waals surface area (Å²) in [6, 6.07) is 7.08. The predicted molar refractivity (Wildman–Crippen MR) is 69.7 cm³/mol. The van der Waals surface area contributed by atoms with E-state index in [4.69, 9.17) is 16.7 Å². The monoisotopic (exact) mass is 269 g/mol. The number of carbonyl (C=O) groups excluding carboxylic acids is 1. The Labute approximate surface area is 111 Å². The number of aliphatic carboxylic acids is 1. The molecule has 1 aromatic rings. The van der Waals surface area contributed by atoms with E-state index in [1.165, 1.54) is 0 Å². The van der Waals surface area contributed by atoms with Gasteiger partial charge in [0.25, 0.3) is 0 Å². The van der Waals surface area contributed by atoms with Gasteiger partial charge in [0.15, 0.2) is 0 Å². The molecule has 4 nitrogen and oxygen atoms in total. The Bertz CT molecular complexity index is 457. The molecule has 0 aliphatic carbocycles. The van der Waals surface area contributed by atoms with Crippen molar-refractivity contribution in [2.45, 2.75) is 25.7 Å². The molecule has 0 aromatic heterocycles. The minimum Gasteiger partial charge on any atom is -0.481 e. The van der Waals surface area contributed by atoms with Gasteiger partial charge in [0.05, 0.1) is 11.8 Å². The number of rotatable bonds is 5. The van der Waals surface area contributed by atoms with Crippen molar-refractivity contribution in [1.82, 2.24) is 5.32 Å². The summed E-state index contributed by atoms with van der Waals surface area (Å²) < 4.78 is 0. The summed E-state index contributed by atoms with van der Waals surface area (Å²) >= 11 is 5.89. The van der Waals surface area contributed by atoms with Crippen LogP contribution in [0.1, 0.15) is 25.8 Å². The van der Waals surface area contributed by atoms with Crippen LogP contribution in [-0.2, 0) is 15.0 Å². The molecule has 1 rings (SSSR count). The molecule has 0 radical (unpaired) electrons. The molecule has 2 N–H and O–H groups in total. The Morgan fingerprint density at radius 1 is 1.39 bits per heavy atom. The van der Waals surface area contributed by atoms with Gasteiger partial charge in [-0.3, -0.25) is 9.59 Å². The molecule has 0 unspecified atom stereocenters. The Kier molecular flexibility index (Phi) is 4.73. The predicted octanol–water partition coefficient (Wildman–Crippen LogP) is 2.21. The highest BCUT2D eigenvalue weighted by Gasteiger charge is 2.29. The Morgan fingerprint density at radius 3 is 2.61 bits per heavy atom. The molecule has 18 heavy (non-hydrogen) atoms. The van der Waals surface area contributed by atoms with Crippen molar-refractivity contribution in [2.75, 3.05) is 6.54 Å². The number of halogens is 1. The molecule has 0 aliphatic rings.